The number of aromatic nitrogens is 2. The summed E-state index contributed by atoms with van der Waals surface area (Å²) < 4.78 is 15.4. The number of imidazole rings is 1. The first kappa shape index (κ1) is 12.2. The molecular formula is C14H16FN3O. The lowest BCUT2D eigenvalue weighted by atomic mass is 10.1. The molecule has 3 rings (SSSR count). The van der Waals surface area contributed by atoms with E-state index in [9.17, 15) is 9.50 Å². The van der Waals surface area contributed by atoms with Crippen molar-refractivity contribution in [2.45, 2.75) is 26.1 Å². The van der Waals surface area contributed by atoms with Crippen LogP contribution in [-0.2, 0) is 13.1 Å². The summed E-state index contributed by atoms with van der Waals surface area (Å²) in [4.78, 5) is 6.44. The molecule has 0 unspecified atom stereocenters. The number of benzene rings is 1. The van der Waals surface area contributed by atoms with Gasteiger partial charge in [-0.3, -0.25) is 0 Å². The maximum atomic E-state index is 13.3. The van der Waals surface area contributed by atoms with Crippen LogP contribution in [0.5, 0.6) is 0 Å². The van der Waals surface area contributed by atoms with E-state index in [1.807, 2.05) is 6.20 Å². The predicted octanol–water partition coefficient (Wildman–Crippen LogP) is 2.10. The molecular weight excluding hydrogens is 245 g/mol. The Bertz CT molecular complexity index is 594. The minimum absolute atomic E-state index is 0.321. The number of rotatable bonds is 2. The second-order valence-electron chi connectivity index (χ2n) is 4.84. The molecule has 1 atom stereocenters. The molecule has 0 spiro atoms. The van der Waals surface area contributed by atoms with Gasteiger partial charge in [-0.25, -0.2) is 9.37 Å². The summed E-state index contributed by atoms with van der Waals surface area (Å²) in [5.74, 6) is 0.672. The van der Waals surface area contributed by atoms with Crippen LogP contribution >= 0.6 is 0 Å². The fourth-order valence-electron chi connectivity index (χ4n) is 2.53. The molecule has 1 aliphatic rings. The van der Waals surface area contributed by atoms with Gasteiger partial charge in [0.05, 0.1) is 12.6 Å². The molecule has 0 radical (unpaired) electrons. The molecule has 1 aliphatic heterocycles. The minimum Gasteiger partial charge on any atom is -0.389 e. The molecule has 19 heavy (non-hydrogen) atoms. The molecule has 0 aliphatic carbocycles. The fraction of sp³-hybridized carbons (Fsp3) is 0.357. The minimum atomic E-state index is -0.688. The monoisotopic (exact) mass is 261 g/mol. The summed E-state index contributed by atoms with van der Waals surface area (Å²) in [6.45, 7) is 4.02. The first-order chi connectivity index (χ1) is 9.15. The quantitative estimate of drug-likeness (QED) is 0.900. The average molecular weight is 261 g/mol. The highest BCUT2D eigenvalue weighted by atomic mass is 19.1. The van der Waals surface area contributed by atoms with E-state index in [0.29, 0.717) is 12.1 Å². The zero-order valence-corrected chi connectivity index (χ0v) is 10.8. The van der Waals surface area contributed by atoms with E-state index >= 15 is 0 Å². The Hall–Kier alpha value is -1.88. The van der Waals surface area contributed by atoms with Gasteiger partial charge in [0.1, 0.15) is 11.6 Å². The van der Waals surface area contributed by atoms with E-state index in [1.165, 1.54) is 12.1 Å². The van der Waals surface area contributed by atoms with Crippen molar-refractivity contribution in [3.63, 3.8) is 0 Å². The zero-order chi connectivity index (χ0) is 13.4. The van der Waals surface area contributed by atoms with E-state index in [0.717, 1.165) is 24.6 Å². The van der Waals surface area contributed by atoms with Crippen LogP contribution in [0, 0.1) is 5.82 Å². The Balaban J connectivity index is 1.95. The molecule has 2 aromatic rings. The molecule has 0 saturated heterocycles. The Morgan fingerprint density at radius 3 is 3.00 bits per heavy atom. The molecule has 1 aromatic carbocycles. The Morgan fingerprint density at radius 1 is 1.37 bits per heavy atom. The van der Waals surface area contributed by atoms with Crippen molar-refractivity contribution < 1.29 is 9.50 Å². The van der Waals surface area contributed by atoms with Gasteiger partial charge in [0.2, 0.25) is 0 Å². The van der Waals surface area contributed by atoms with Crippen molar-refractivity contribution in [1.29, 1.82) is 0 Å². The van der Waals surface area contributed by atoms with Gasteiger partial charge in [-0.15, -0.1) is 0 Å². The van der Waals surface area contributed by atoms with Crippen molar-refractivity contribution >= 4 is 5.69 Å². The highest BCUT2D eigenvalue weighted by Crippen LogP contribution is 2.29. The average Bonchev–Trinajstić information content (AvgIpc) is 2.85. The van der Waals surface area contributed by atoms with Crippen LogP contribution < -0.4 is 4.90 Å². The normalized spacial score (nSPS) is 16.3. The SMILES string of the molecule is C[C@H](O)c1cc(F)ccc1N1CCn2ccnc2C1. The van der Waals surface area contributed by atoms with Crippen LogP contribution in [0.3, 0.4) is 0 Å². The molecule has 0 bridgehead atoms. The lowest BCUT2D eigenvalue weighted by molar-refractivity contribution is 0.199. The van der Waals surface area contributed by atoms with E-state index in [1.54, 1.807) is 19.2 Å². The third-order valence-corrected chi connectivity index (χ3v) is 3.53. The van der Waals surface area contributed by atoms with Crippen molar-refractivity contribution in [3.05, 3.63) is 47.8 Å². The second-order valence-corrected chi connectivity index (χ2v) is 4.84. The largest absolute Gasteiger partial charge is 0.389 e. The molecule has 100 valence electrons. The zero-order valence-electron chi connectivity index (χ0n) is 10.8. The molecule has 4 nitrogen and oxygen atoms in total. The number of anilines is 1. The van der Waals surface area contributed by atoms with Gasteiger partial charge in [-0.1, -0.05) is 0 Å². The highest BCUT2D eigenvalue weighted by molar-refractivity contribution is 5.55. The summed E-state index contributed by atoms with van der Waals surface area (Å²) >= 11 is 0. The smallest absolute Gasteiger partial charge is 0.128 e. The molecule has 1 aromatic heterocycles. The van der Waals surface area contributed by atoms with E-state index in [2.05, 4.69) is 14.5 Å². The lowest BCUT2D eigenvalue weighted by Crippen LogP contribution is -2.34. The van der Waals surface area contributed by atoms with Gasteiger partial charge < -0.3 is 14.6 Å². The van der Waals surface area contributed by atoms with Gasteiger partial charge in [0, 0.05) is 36.7 Å². The van der Waals surface area contributed by atoms with Gasteiger partial charge >= 0.3 is 0 Å². The number of fused-ring (bicyclic) bond motifs is 1. The topological polar surface area (TPSA) is 41.3 Å². The summed E-state index contributed by atoms with van der Waals surface area (Å²) in [5, 5.41) is 9.80. The van der Waals surface area contributed by atoms with Gasteiger partial charge in [-0.2, -0.15) is 0 Å². The number of hydrogen-bond acceptors (Lipinski definition) is 3. The van der Waals surface area contributed by atoms with Crippen LogP contribution in [0.15, 0.2) is 30.6 Å². The second kappa shape index (κ2) is 4.66. The van der Waals surface area contributed by atoms with Gasteiger partial charge in [-0.05, 0) is 25.1 Å². The van der Waals surface area contributed by atoms with E-state index in [-0.39, 0.29) is 5.82 Å². The molecule has 1 N–H and O–H groups in total. The van der Waals surface area contributed by atoms with E-state index < -0.39 is 6.10 Å². The third-order valence-electron chi connectivity index (χ3n) is 3.53. The van der Waals surface area contributed by atoms with Crippen LogP contribution in [0.25, 0.3) is 0 Å². The summed E-state index contributed by atoms with van der Waals surface area (Å²) in [6.07, 6.45) is 3.07. The first-order valence-corrected chi connectivity index (χ1v) is 6.37. The fourth-order valence-corrected chi connectivity index (χ4v) is 2.53. The van der Waals surface area contributed by atoms with Crippen molar-refractivity contribution in [3.8, 4) is 0 Å². The van der Waals surface area contributed by atoms with Gasteiger partial charge in [0.15, 0.2) is 0 Å². The molecule has 0 saturated carbocycles. The third kappa shape index (κ3) is 2.21. The molecule has 0 fully saturated rings. The van der Waals surface area contributed by atoms with Crippen LogP contribution in [0.4, 0.5) is 10.1 Å². The summed E-state index contributed by atoms with van der Waals surface area (Å²) in [7, 11) is 0. The maximum Gasteiger partial charge on any atom is 0.128 e. The van der Waals surface area contributed by atoms with Crippen LogP contribution in [0.1, 0.15) is 24.4 Å². The van der Waals surface area contributed by atoms with Crippen molar-refractivity contribution in [2.24, 2.45) is 0 Å². The highest BCUT2D eigenvalue weighted by Gasteiger charge is 2.20. The lowest BCUT2D eigenvalue weighted by Gasteiger charge is -2.31. The summed E-state index contributed by atoms with van der Waals surface area (Å²) in [5.41, 5.74) is 1.51. The van der Waals surface area contributed by atoms with E-state index in [4.69, 9.17) is 0 Å². The number of aliphatic hydroxyl groups excluding tert-OH is 1. The Labute approximate surface area is 111 Å². The number of nitrogens with zero attached hydrogens (tertiary/aromatic N) is 3. The Kier molecular flexibility index (Phi) is 2.98. The molecule has 2 heterocycles. The Morgan fingerprint density at radius 2 is 2.21 bits per heavy atom. The number of halogens is 1. The molecule has 0 amide bonds. The summed E-state index contributed by atoms with van der Waals surface area (Å²) in [6, 6.07) is 4.57. The first-order valence-electron chi connectivity index (χ1n) is 6.37. The van der Waals surface area contributed by atoms with Crippen molar-refractivity contribution in [2.75, 3.05) is 11.4 Å². The molecule has 5 heteroatoms. The van der Waals surface area contributed by atoms with Gasteiger partial charge in [0.25, 0.3) is 0 Å². The van der Waals surface area contributed by atoms with Crippen LogP contribution in [-0.4, -0.2) is 21.2 Å². The number of aliphatic hydroxyl groups is 1. The van der Waals surface area contributed by atoms with Crippen LogP contribution in [0.2, 0.25) is 0 Å². The standard InChI is InChI=1S/C14H16FN3O/c1-10(19)12-8-11(15)2-3-13(12)18-7-6-17-5-4-16-14(17)9-18/h2-5,8,10,19H,6-7,9H2,1H3/t10-/m0/s1. The predicted molar refractivity (Wildman–Crippen MR) is 70.3 cm³/mol. The number of hydrogen-bond donors (Lipinski definition) is 1. The van der Waals surface area contributed by atoms with Crippen molar-refractivity contribution in [1.82, 2.24) is 9.55 Å². The maximum absolute atomic E-state index is 13.3.